The van der Waals surface area contributed by atoms with E-state index in [0.29, 0.717) is 19.0 Å². The zero-order chi connectivity index (χ0) is 25.2. The molecule has 186 valence electrons. The molecule has 0 saturated carbocycles. The lowest BCUT2D eigenvalue weighted by Gasteiger charge is -2.33. The molecule has 1 fully saturated rings. The van der Waals surface area contributed by atoms with E-state index in [4.69, 9.17) is 10.1 Å². The standard InChI is InChI=1S/C30H35N5O/c1-20(2)24-11-8-23(9-12-24)18-32-30(36)26-6-5-14-34(19-26)29-28-17-27(33-35(28)15-13-31-29)25-10-7-21(3)22(4)16-25/h7-13,15-17,20,26H,5-6,14,18-19H2,1-4H3,(H,32,36)/t26-/m0/s1. The molecule has 0 bridgehead atoms. The number of nitrogens with one attached hydrogen (secondary N) is 1. The fourth-order valence-corrected chi connectivity index (χ4v) is 4.93. The summed E-state index contributed by atoms with van der Waals surface area (Å²) in [5, 5.41) is 7.97. The van der Waals surface area contributed by atoms with Gasteiger partial charge >= 0.3 is 0 Å². The number of aryl methyl sites for hydroxylation is 2. The van der Waals surface area contributed by atoms with Crippen molar-refractivity contribution in [2.75, 3.05) is 18.0 Å². The molecule has 36 heavy (non-hydrogen) atoms. The van der Waals surface area contributed by atoms with Gasteiger partial charge in [-0.15, -0.1) is 0 Å². The highest BCUT2D eigenvalue weighted by Crippen LogP contribution is 2.29. The van der Waals surface area contributed by atoms with Crippen LogP contribution in [0.2, 0.25) is 0 Å². The summed E-state index contributed by atoms with van der Waals surface area (Å²) in [6.45, 7) is 10.7. The quantitative estimate of drug-likeness (QED) is 0.385. The van der Waals surface area contributed by atoms with Crippen molar-refractivity contribution in [3.05, 3.63) is 83.2 Å². The van der Waals surface area contributed by atoms with Gasteiger partial charge in [-0.25, -0.2) is 9.50 Å². The topological polar surface area (TPSA) is 62.5 Å². The van der Waals surface area contributed by atoms with Crippen molar-refractivity contribution < 1.29 is 4.79 Å². The van der Waals surface area contributed by atoms with Crippen LogP contribution in [0.5, 0.6) is 0 Å². The predicted molar refractivity (Wildman–Crippen MR) is 145 cm³/mol. The Morgan fingerprint density at radius 1 is 1.08 bits per heavy atom. The molecule has 2 aromatic carbocycles. The van der Waals surface area contributed by atoms with Crippen LogP contribution < -0.4 is 10.2 Å². The first-order valence-electron chi connectivity index (χ1n) is 12.9. The monoisotopic (exact) mass is 481 g/mol. The highest BCUT2D eigenvalue weighted by Gasteiger charge is 2.27. The first-order chi connectivity index (χ1) is 17.4. The molecule has 0 spiro atoms. The summed E-state index contributed by atoms with van der Waals surface area (Å²) >= 11 is 0. The Hall–Kier alpha value is -3.67. The maximum absolute atomic E-state index is 13.1. The zero-order valence-electron chi connectivity index (χ0n) is 21.7. The Kier molecular flexibility index (Phi) is 6.77. The molecule has 4 aromatic rings. The van der Waals surface area contributed by atoms with Crippen molar-refractivity contribution in [1.29, 1.82) is 0 Å². The normalized spacial score (nSPS) is 16.0. The number of carbonyl (C=O) groups is 1. The van der Waals surface area contributed by atoms with E-state index in [1.807, 2.05) is 10.7 Å². The molecule has 1 saturated heterocycles. The van der Waals surface area contributed by atoms with Crippen LogP contribution in [0, 0.1) is 19.8 Å². The SMILES string of the molecule is Cc1ccc(-c2cc3c(N4CCC[C@H](C(=O)NCc5ccc(C(C)C)cc5)C4)nccn3n2)cc1C. The largest absolute Gasteiger partial charge is 0.354 e. The van der Waals surface area contributed by atoms with Crippen molar-refractivity contribution in [3.8, 4) is 11.3 Å². The molecule has 0 unspecified atom stereocenters. The molecule has 6 heteroatoms. The lowest BCUT2D eigenvalue weighted by molar-refractivity contribution is -0.125. The smallest absolute Gasteiger partial charge is 0.225 e. The second-order valence-corrected chi connectivity index (χ2v) is 10.3. The maximum atomic E-state index is 13.1. The van der Waals surface area contributed by atoms with E-state index in [2.05, 4.69) is 86.4 Å². The Balaban J connectivity index is 1.30. The summed E-state index contributed by atoms with van der Waals surface area (Å²) in [5.41, 5.74) is 7.98. The maximum Gasteiger partial charge on any atom is 0.225 e. The average Bonchev–Trinajstić information content (AvgIpc) is 3.34. The van der Waals surface area contributed by atoms with Crippen LogP contribution in [0.4, 0.5) is 5.82 Å². The van der Waals surface area contributed by atoms with Gasteiger partial charge in [0.2, 0.25) is 5.91 Å². The number of rotatable bonds is 6. The van der Waals surface area contributed by atoms with E-state index in [0.717, 1.165) is 47.5 Å². The summed E-state index contributed by atoms with van der Waals surface area (Å²) in [6, 6.07) is 17.1. The van der Waals surface area contributed by atoms with E-state index in [1.54, 1.807) is 6.20 Å². The van der Waals surface area contributed by atoms with Crippen LogP contribution in [0.25, 0.3) is 16.8 Å². The van der Waals surface area contributed by atoms with Crippen molar-refractivity contribution >= 4 is 17.2 Å². The average molecular weight is 482 g/mol. The van der Waals surface area contributed by atoms with Gasteiger partial charge in [0.25, 0.3) is 0 Å². The van der Waals surface area contributed by atoms with Crippen LogP contribution in [0.3, 0.4) is 0 Å². The van der Waals surface area contributed by atoms with E-state index < -0.39 is 0 Å². The number of amides is 1. The zero-order valence-corrected chi connectivity index (χ0v) is 21.7. The molecule has 1 atom stereocenters. The minimum Gasteiger partial charge on any atom is -0.354 e. The Bertz CT molecular complexity index is 1370. The molecular formula is C30H35N5O. The minimum atomic E-state index is -0.0575. The second kappa shape index (κ2) is 10.1. The van der Waals surface area contributed by atoms with E-state index >= 15 is 0 Å². The van der Waals surface area contributed by atoms with Crippen molar-refractivity contribution in [1.82, 2.24) is 19.9 Å². The molecule has 3 heterocycles. The first kappa shape index (κ1) is 24.0. The highest BCUT2D eigenvalue weighted by atomic mass is 16.1. The number of hydrogen-bond donors (Lipinski definition) is 1. The molecule has 2 aromatic heterocycles. The molecular weight excluding hydrogens is 446 g/mol. The van der Waals surface area contributed by atoms with Crippen LogP contribution in [0.15, 0.2) is 60.9 Å². The van der Waals surface area contributed by atoms with Gasteiger partial charge in [0, 0.05) is 37.6 Å². The fraction of sp³-hybridized carbons (Fsp3) is 0.367. The Morgan fingerprint density at radius 2 is 1.89 bits per heavy atom. The first-order valence-corrected chi connectivity index (χ1v) is 12.9. The van der Waals surface area contributed by atoms with Gasteiger partial charge in [-0.3, -0.25) is 4.79 Å². The molecule has 5 rings (SSSR count). The summed E-state index contributed by atoms with van der Waals surface area (Å²) < 4.78 is 1.90. The molecule has 1 aliphatic rings. The van der Waals surface area contributed by atoms with Gasteiger partial charge in [0.1, 0.15) is 5.52 Å². The summed E-state index contributed by atoms with van der Waals surface area (Å²) in [6.07, 6.45) is 5.54. The van der Waals surface area contributed by atoms with Crippen LogP contribution in [0.1, 0.15) is 54.9 Å². The minimum absolute atomic E-state index is 0.0575. The summed E-state index contributed by atoms with van der Waals surface area (Å²) in [5.74, 6) is 1.46. The highest BCUT2D eigenvalue weighted by molar-refractivity contribution is 5.81. The van der Waals surface area contributed by atoms with Gasteiger partial charge < -0.3 is 10.2 Å². The summed E-state index contributed by atoms with van der Waals surface area (Å²) in [7, 11) is 0. The number of hydrogen-bond acceptors (Lipinski definition) is 4. The third-order valence-electron chi connectivity index (χ3n) is 7.38. The number of benzene rings is 2. The second-order valence-electron chi connectivity index (χ2n) is 10.3. The molecule has 1 aliphatic heterocycles. The number of nitrogens with zero attached hydrogens (tertiary/aromatic N) is 4. The number of fused-ring (bicyclic) bond motifs is 1. The van der Waals surface area contributed by atoms with Gasteiger partial charge in [0.15, 0.2) is 5.82 Å². The van der Waals surface area contributed by atoms with Crippen LogP contribution in [-0.2, 0) is 11.3 Å². The van der Waals surface area contributed by atoms with Gasteiger partial charge in [-0.1, -0.05) is 50.2 Å². The van der Waals surface area contributed by atoms with Gasteiger partial charge in [0.05, 0.1) is 11.6 Å². The van der Waals surface area contributed by atoms with Crippen LogP contribution in [-0.4, -0.2) is 33.6 Å². The lowest BCUT2D eigenvalue weighted by Crippen LogP contribution is -2.43. The predicted octanol–water partition coefficient (Wildman–Crippen LogP) is 5.67. The van der Waals surface area contributed by atoms with E-state index in [1.165, 1.54) is 16.7 Å². The number of anilines is 1. The van der Waals surface area contributed by atoms with Crippen molar-refractivity contribution in [3.63, 3.8) is 0 Å². The Morgan fingerprint density at radius 3 is 2.64 bits per heavy atom. The Labute approximate surface area is 213 Å². The third-order valence-corrected chi connectivity index (χ3v) is 7.38. The van der Waals surface area contributed by atoms with E-state index in [-0.39, 0.29) is 11.8 Å². The third kappa shape index (κ3) is 4.99. The van der Waals surface area contributed by atoms with Crippen molar-refractivity contribution in [2.45, 2.75) is 53.0 Å². The number of piperidine rings is 1. The molecule has 1 amide bonds. The molecule has 0 aliphatic carbocycles. The summed E-state index contributed by atoms with van der Waals surface area (Å²) in [4.78, 5) is 20.0. The van der Waals surface area contributed by atoms with Crippen LogP contribution >= 0.6 is 0 Å². The molecule has 0 radical (unpaired) electrons. The number of carbonyl (C=O) groups excluding carboxylic acids is 1. The number of aromatic nitrogens is 3. The van der Waals surface area contributed by atoms with Crippen molar-refractivity contribution in [2.24, 2.45) is 5.92 Å². The fourth-order valence-electron chi connectivity index (χ4n) is 4.93. The van der Waals surface area contributed by atoms with Gasteiger partial charge in [-0.2, -0.15) is 5.10 Å². The molecule has 6 nitrogen and oxygen atoms in total. The molecule has 1 N–H and O–H groups in total. The van der Waals surface area contributed by atoms with Gasteiger partial charge in [-0.05, 0) is 67.0 Å². The lowest BCUT2D eigenvalue weighted by atomic mass is 9.96. The van der Waals surface area contributed by atoms with E-state index in [9.17, 15) is 4.79 Å².